The molecular weight excluding hydrogens is 270 g/mol. The van der Waals surface area contributed by atoms with Crippen LogP contribution in [0.15, 0.2) is 17.4 Å². The van der Waals surface area contributed by atoms with Gasteiger partial charge in [-0.2, -0.15) is 16.9 Å². The van der Waals surface area contributed by atoms with Crippen LogP contribution in [0.1, 0.15) is 24.8 Å². The molecule has 2 rings (SSSR count). The SMILES string of the molecule is CN=C(NCCCn1cc(C)cn1)NCC1CCCS1. The predicted octanol–water partition coefficient (Wildman–Crippen LogP) is 1.64. The summed E-state index contributed by atoms with van der Waals surface area (Å²) in [6, 6.07) is 0. The first-order valence-corrected chi connectivity index (χ1v) is 8.38. The predicted molar refractivity (Wildman–Crippen MR) is 86.4 cm³/mol. The first kappa shape index (κ1) is 15.2. The summed E-state index contributed by atoms with van der Waals surface area (Å²) in [7, 11) is 1.83. The van der Waals surface area contributed by atoms with Crippen molar-refractivity contribution in [3.8, 4) is 0 Å². The second-order valence-corrected chi connectivity index (χ2v) is 6.56. The number of nitrogens with one attached hydrogen (secondary N) is 2. The molecule has 1 saturated heterocycles. The Hall–Kier alpha value is -1.17. The van der Waals surface area contributed by atoms with Gasteiger partial charge in [-0.25, -0.2) is 0 Å². The van der Waals surface area contributed by atoms with Gasteiger partial charge in [-0.1, -0.05) is 0 Å². The number of thioether (sulfide) groups is 1. The summed E-state index contributed by atoms with van der Waals surface area (Å²) in [5, 5.41) is 11.8. The second kappa shape index (κ2) is 8.19. The average Bonchev–Trinajstić information content (AvgIpc) is 3.09. The largest absolute Gasteiger partial charge is 0.356 e. The van der Waals surface area contributed by atoms with Crippen LogP contribution in [0.25, 0.3) is 0 Å². The molecule has 1 fully saturated rings. The highest BCUT2D eigenvalue weighted by molar-refractivity contribution is 8.00. The van der Waals surface area contributed by atoms with E-state index in [-0.39, 0.29) is 0 Å². The molecule has 0 radical (unpaired) electrons. The standard InChI is InChI=1S/C14H25N5S/c1-12-9-18-19(11-12)7-4-6-16-14(15-2)17-10-13-5-3-8-20-13/h9,11,13H,3-8,10H2,1-2H3,(H2,15,16,17). The molecule has 1 unspecified atom stereocenters. The molecule has 0 spiro atoms. The Morgan fingerprint density at radius 3 is 3.10 bits per heavy atom. The summed E-state index contributed by atoms with van der Waals surface area (Å²) in [4.78, 5) is 4.26. The number of aromatic nitrogens is 2. The zero-order valence-corrected chi connectivity index (χ0v) is 13.2. The lowest BCUT2D eigenvalue weighted by atomic mass is 10.2. The van der Waals surface area contributed by atoms with Crippen LogP contribution in [0.4, 0.5) is 0 Å². The molecule has 2 heterocycles. The normalized spacial score (nSPS) is 19.3. The van der Waals surface area contributed by atoms with Gasteiger partial charge >= 0.3 is 0 Å². The minimum Gasteiger partial charge on any atom is -0.356 e. The molecule has 6 heteroatoms. The Kier molecular flexibility index (Phi) is 6.24. The third-order valence-corrected chi connectivity index (χ3v) is 4.76. The smallest absolute Gasteiger partial charge is 0.191 e. The molecular formula is C14H25N5S. The topological polar surface area (TPSA) is 54.2 Å². The van der Waals surface area contributed by atoms with E-state index in [4.69, 9.17) is 0 Å². The van der Waals surface area contributed by atoms with Gasteiger partial charge in [0.05, 0.1) is 6.20 Å². The lowest BCUT2D eigenvalue weighted by Crippen LogP contribution is -2.40. The monoisotopic (exact) mass is 295 g/mol. The van der Waals surface area contributed by atoms with Gasteiger partial charge in [0.15, 0.2) is 5.96 Å². The van der Waals surface area contributed by atoms with Crippen molar-refractivity contribution in [1.29, 1.82) is 0 Å². The van der Waals surface area contributed by atoms with Crippen molar-refractivity contribution in [2.75, 3.05) is 25.9 Å². The summed E-state index contributed by atoms with van der Waals surface area (Å²) >= 11 is 2.07. The Balaban J connectivity index is 1.58. The quantitative estimate of drug-likeness (QED) is 0.476. The van der Waals surface area contributed by atoms with Gasteiger partial charge in [0, 0.05) is 38.1 Å². The van der Waals surface area contributed by atoms with Crippen LogP contribution < -0.4 is 10.6 Å². The van der Waals surface area contributed by atoms with E-state index in [1.807, 2.05) is 17.9 Å². The summed E-state index contributed by atoms with van der Waals surface area (Å²) in [6.07, 6.45) is 7.69. The molecule has 112 valence electrons. The Morgan fingerprint density at radius 1 is 1.55 bits per heavy atom. The van der Waals surface area contributed by atoms with E-state index in [1.165, 1.54) is 24.2 Å². The highest BCUT2D eigenvalue weighted by atomic mass is 32.2. The van der Waals surface area contributed by atoms with Crippen LogP contribution in [-0.4, -0.2) is 46.9 Å². The number of guanidine groups is 1. The molecule has 0 amide bonds. The van der Waals surface area contributed by atoms with E-state index in [1.54, 1.807) is 0 Å². The number of aliphatic imine (C=N–C) groups is 1. The van der Waals surface area contributed by atoms with Gasteiger partial charge in [0.2, 0.25) is 0 Å². The third kappa shape index (κ3) is 5.07. The van der Waals surface area contributed by atoms with Crippen LogP contribution in [0.5, 0.6) is 0 Å². The maximum absolute atomic E-state index is 4.28. The van der Waals surface area contributed by atoms with Crippen molar-refractivity contribution in [3.63, 3.8) is 0 Å². The van der Waals surface area contributed by atoms with E-state index in [0.717, 1.165) is 37.3 Å². The van der Waals surface area contributed by atoms with E-state index in [0.29, 0.717) is 0 Å². The van der Waals surface area contributed by atoms with Crippen molar-refractivity contribution >= 4 is 17.7 Å². The molecule has 20 heavy (non-hydrogen) atoms. The van der Waals surface area contributed by atoms with Crippen molar-refractivity contribution in [2.24, 2.45) is 4.99 Å². The Bertz CT molecular complexity index is 423. The fraction of sp³-hybridized carbons (Fsp3) is 0.714. The zero-order chi connectivity index (χ0) is 14.2. The fourth-order valence-corrected chi connectivity index (χ4v) is 3.47. The average molecular weight is 295 g/mol. The van der Waals surface area contributed by atoms with Gasteiger partial charge in [-0.3, -0.25) is 9.67 Å². The summed E-state index contributed by atoms with van der Waals surface area (Å²) in [5.41, 5.74) is 1.21. The highest BCUT2D eigenvalue weighted by Crippen LogP contribution is 2.25. The number of nitrogens with zero attached hydrogens (tertiary/aromatic N) is 3. The first-order chi connectivity index (χ1) is 9.78. The minimum atomic E-state index is 0.751. The minimum absolute atomic E-state index is 0.751. The number of hydrogen-bond acceptors (Lipinski definition) is 3. The summed E-state index contributed by atoms with van der Waals surface area (Å²) < 4.78 is 1.99. The van der Waals surface area contributed by atoms with Crippen LogP contribution in [0, 0.1) is 6.92 Å². The van der Waals surface area contributed by atoms with Gasteiger partial charge in [-0.15, -0.1) is 0 Å². The van der Waals surface area contributed by atoms with Crippen molar-refractivity contribution in [2.45, 2.75) is 38.0 Å². The van der Waals surface area contributed by atoms with Crippen molar-refractivity contribution < 1.29 is 0 Å². The van der Waals surface area contributed by atoms with Crippen LogP contribution >= 0.6 is 11.8 Å². The molecule has 1 aromatic rings. The van der Waals surface area contributed by atoms with Crippen molar-refractivity contribution in [3.05, 3.63) is 18.0 Å². The molecule has 0 bridgehead atoms. The Morgan fingerprint density at radius 2 is 2.45 bits per heavy atom. The van der Waals surface area contributed by atoms with Crippen LogP contribution in [0.2, 0.25) is 0 Å². The lowest BCUT2D eigenvalue weighted by molar-refractivity contribution is 0.569. The molecule has 1 aromatic heterocycles. The lowest BCUT2D eigenvalue weighted by Gasteiger charge is -2.14. The fourth-order valence-electron chi connectivity index (χ4n) is 2.27. The van der Waals surface area contributed by atoms with E-state index < -0.39 is 0 Å². The molecule has 5 nitrogen and oxygen atoms in total. The van der Waals surface area contributed by atoms with Gasteiger partial charge in [-0.05, 0) is 37.5 Å². The molecule has 1 aliphatic rings. The van der Waals surface area contributed by atoms with E-state index in [9.17, 15) is 0 Å². The zero-order valence-electron chi connectivity index (χ0n) is 12.4. The Labute approximate surface area is 125 Å². The summed E-state index contributed by atoms with van der Waals surface area (Å²) in [5.74, 6) is 2.22. The van der Waals surface area contributed by atoms with Crippen molar-refractivity contribution in [1.82, 2.24) is 20.4 Å². The van der Waals surface area contributed by atoms with Gasteiger partial charge < -0.3 is 10.6 Å². The third-order valence-electron chi connectivity index (χ3n) is 3.36. The first-order valence-electron chi connectivity index (χ1n) is 7.33. The number of aryl methyl sites for hydroxylation is 2. The van der Waals surface area contributed by atoms with Crippen LogP contribution in [-0.2, 0) is 6.54 Å². The van der Waals surface area contributed by atoms with E-state index in [2.05, 4.69) is 45.6 Å². The second-order valence-electron chi connectivity index (χ2n) is 5.15. The number of rotatable bonds is 6. The molecule has 1 aliphatic heterocycles. The molecule has 0 aromatic carbocycles. The van der Waals surface area contributed by atoms with Gasteiger partial charge in [0.25, 0.3) is 0 Å². The summed E-state index contributed by atoms with van der Waals surface area (Å²) in [6.45, 7) is 4.93. The molecule has 1 atom stereocenters. The van der Waals surface area contributed by atoms with E-state index >= 15 is 0 Å². The molecule has 0 aliphatic carbocycles. The maximum Gasteiger partial charge on any atom is 0.191 e. The number of hydrogen-bond donors (Lipinski definition) is 2. The maximum atomic E-state index is 4.28. The molecule has 2 N–H and O–H groups in total. The van der Waals surface area contributed by atoms with Gasteiger partial charge in [0.1, 0.15) is 0 Å². The molecule has 0 saturated carbocycles. The van der Waals surface area contributed by atoms with Crippen LogP contribution in [0.3, 0.4) is 0 Å². The highest BCUT2D eigenvalue weighted by Gasteiger charge is 2.15.